The van der Waals surface area contributed by atoms with Gasteiger partial charge in [-0.15, -0.1) is 0 Å². The van der Waals surface area contributed by atoms with E-state index in [2.05, 4.69) is 22.2 Å². The van der Waals surface area contributed by atoms with Crippen molar-refractivity contribution in [2.24, 2.45) is 0 Å². The molecule has 0 spiro atoms. The van der Waals surface area contributed by atoms with Crippen LogP contribution in [0.4, 0.5) is 5.69 Å². The third kappa shape index (κ3) is 3.13. The smallest absolute Gasteiger partial charge is 0.259 e. The summed E-state index contributed by atoms with van der Waals surface area (Å²) in [6.45, 7) is 5.73. The monoisotopic (exact) mass is 426 g/mol. The normalized spacial score (nSPS) is 18.6. The lowest BCUT2D eigenvalue weighted by Gasteiger charge is -2.31. The molecule has 1 fully saturated rings. The summed E-state index contributed by atoms with van der Waals surface area (Å²) in [4.78, 5) is 44.9. The van der Waals surface area contributed by atoms with Crippen molar-refractivity contribution in [2.75, 3.05) is 4.90 Å². The molecular formula is C25H22N4O3. The summed E-state index contributed by atoms with van der Waals surface area (Å²) in [5, 5.41) is 6.36. The highest BCUT2D eigenvalue weighted by atomic mass is 16.2. The molecule has 160 valence electrons. The van der Waals surface area contributed by atoms with Gasteiger partial charge < -0.3 is 10.6 Å². The Balaban J connectivity index is 1.52. The highest BCUT2D eigenvalue weighted by Crippen LogP contribution is 2.40. The number of anilines is 1. The Labute approximate surface area is 185 Å². The number of rotatable bonds is 4. The summed E-state index contributed by atoms with van der Waals surface area (Å²) >= 11 is 0. The standard InChI is InChI=1S/C25H22N4O3/c1-14-8-11-20(24(31)27-14)29-19-12-13-26-22-18(10-9-17(21(19)22)25(29)32)23(30)28-15(2)16-6-4-3-5-7-16/h3-7,9-10,12-13,15,20H,1,8,11H2,2H3,(H,27,31)(H,28,30). The van der Waals surface area contributed by atoms with E-state index in [0.717, 1.165) is 5.56 Å². The first-order chi connectivity index (χ1) is 15.5. The number of carbonyl (C=O) groups excluding carboxylic acids is 3. The molecule has 32 heavy (non-hydrogen) atoms. The lowest BCUT2D eigenvalue weighted by Crippen LogP contribution is -2.51. The van der Waals surface area contributed by atoms with Crippen LogP contribution in [0.3, 0.4) is 0 Å². The van der Waals surface area contributed by atoms with Crippen LogP contribution in [0.2, 0.25) is 0 Å². The zero-order valence-corrected chi connectivity index (χ0v) is 17.6. The molecule has 2 aliphatic rings. The Morgan fingerprint density at radius 1 is 1.19 bits per heavy atom. The van der Waals surface area contributed by atoms with E-state index >= 15 is 0 Å². The fraction of sp³-hybridized carbons (Fsp3) is 0.200. The zero-order chi connectivity index (χ0) is 22.4. The Bertz CT molecular complexity index is 1290. The third-order valence-electron chi connectivity index (χ3n) is 6.10. The summed E-state index contributed by atoms with van der Waals surface area (Å²) in [5.74, 6) is -0.771. The molecule has 0 bridgehead atoms. The van der Waals surface area contributed by atoms with E-state index in [9.17, 15) is 14.4 Å². The van der Waals surface area contributed by atoms with Crippen LogP contribution in [0, 0.1) is 0 Å². The van der Waals surface area contributed by atoms with Gasteiger partial charge in [0.25, 0.3) is 11.8 Å². The maximum atomic E-state index is 13.2. The van der Waals surface area contributed by atoms with E-state index in [-0.39, 0.29) is 23.8 Å². The summed E-state index contributed by atoms with van der Waals surface area (Å²) < 4.78 is 0. The van der Waals surface area contributed by atoms with Crippen LogP contribution in [-0.4, -0.2) is 28.7 Å². The minimum atomic E-state index is -0.624. The van der Waals surface area contributed by atoms with Gasteiger partial charge in [0.05, 0.1) is 28.4 Å². The number of nitrogens with zero attached hydrogens (tertiary/aromatic N) is 2. The first-order valence-electron chi connectivity index (χ1n) is 10.6. The molecule has 3 amide bonds. The van der Waals surface area contributed by atoms with Crippen molar-refractivity contribution in [3.05, 3.63) is 83.7 Å². The molecule has 2 N–H and O–H groups in total. The summed E-state index contributed by atoms with van der Waals surface area (Å²) in [6, 6.07) is 13.9. The van der Waals surface area contributed by atoms with Crippen molar-refractivity contribution >= 4 is 34.3 Å². The predicted molar refractivity (Wildman–Crippen MR) is 121 cm³/mol. The van der Waals surface area contributed by atoms with E-state index in [1.165, 1.54) is 4.90 Å². The average Bonchev–Trinajstić information content (AvgIpc) is 3.08. The number of pyridine rings is 1. The first-order valence-corrected chi connectivity index (χ1v) is 10.6. The number of hydrogen-bond acceptors (Lipinski definition) is 4. The molecular weight excluding hydrogens is 404 g/mol. The highest BCUT2D eigenvalue weighted by molar-refractivity contribution is 6.28. The molecule has 2 atom stereocenters. The molecule has 7 heteroatoms. The van der Waals surface area contributed by atoms with Crippen LogP contribution in [0.25, 0.3) is 10.9 Å². The second-order valence-corrected chi connectivity index (χ2v) is 8.14. The molecule has 0 radical (unpaired) electrons. The van der Waals surface area contributed by atoms with Gasteiger partial charge in [-0.25, -0.2) is 0 Å². The van der Waals surface area contributed by atoms with Crippen LogP contribution in [-0.2, 0) is 4.79 Å². The van der Waals surface area contributed by atoms with Gasteiger partial charge in [0, 0.05) is 17.3 Å². The van der Waals surface area contributed by atoms with Gasteiger partial charge in [-0.2, -0.15) is 0 Å². The fourth-order valence-corrected chi connectivity index (χ4v) is 4.47. The Hall–Kier alpha value is -4.00. The highest BCUT2D eigenvalue weighted by Gasteiger charge is 2.40. The number of carbonyl (C=O) groups is 3. The molecule has 2 aromatic carbocycles. The molecule has 5 rings (SSSR count). The van der Waals surface area contributed by atoms with Gasteiger partial charge in [-0.1, -0.05) is 36.9 Å². The van der Waals surface area contributed by atoms with Crippen LogP contribution in [0.5, 0.6) is 0 Å². The van der Waals surface area contributed by atoms with Gasteiger partial charge in [0.15, 0.2) is 0 Å². The second kappa shape index (κ2) is 7.60. The number of piperidine rings is 1. The van der Waals surface area contributed by atoms with Crippen molar-refractivity contribution in [3.8, 4) is 0 Å². The molecule has 0 aliphatic carbocycles. The molecule has 0 saturated carbocycles. The number of amides is 3. The molecule has 3 aromatic rings. The molecule has 1 aromatic heterocycles. The second-order valence-electron chi connectivity index (χ2n) is 8.14. The van der Waals surface area contributed by atoms with Crippen molar-refractivity contribution in [1.29, 1.82) is 0 Å². The first kappa shape index (κ1) is 19.9. The minimum Gasteiger partial charge on any atom is -0.345 e. The maximum Gasteiger partial charge on any atom is 0.259 e. The largest absolute Gasteiger partial charge is 0.345 e. The minimum absolute atomic E-state index is 0.191. The lowest BCUT2D eigenvalue weighted by atomic mass is 10.0. The predicted octanol–water partition coefficient (Wildman–Crippen LogP) is 3.48. The number of aromatic nitrogens is 1. The van der Waals surface area contributed by atoms with Gasteiger partial charge in [-0.3, -0.25) is 24.3 Å². The Morgan fingerprint density at radius 2 is 1.97 bits per heavy atom. The topological polar surface area (TPSA) is 91.4 Å². The van der Waals surface area contributed by atoms with Crippen LogP contribution < -0.4 is 15.5 Å². The number of allylic oxidation sites excluding steroid dienone is 1. The zero-order valence-electron chi connectivity index (χ0n) is 17.6. The van der Waals surface area contributed by atoms with Gasteiger partial charge >= 0.3 is 0 Å². The van der Waals surface area contributed by atoms with E-state index in [4.69, 9.17) is 0 Å². The number of hydrogen-bond donors (Lipinski definition) is 2. The summed E-state index contributed by atoms with van der Waals surface area (Å²) in [6.07, 6.45) is 2.68. The Morgan fingerprint density at radius 3 is 2.72 bits per heavy atom. The van der Waals surface area contributed by atoms with Crippen molar-refractivity contribution in [1.82, 2.24) is 15.6 Å². The van der Waals surface area contributed by atoms with Gasteiger partial charge in [-0.05, 0) is 43.5 Å². The van der Waals surface area contributed by atoms with Gasteiger partial charge in [0.1, 0.15) is 6.04 Å². The maximum absolute atomic E-state index is 13.2. The van der Waals surface area contributed by atoms with Crippen LogP contribution >= 0.6 is 0 Å². The van der Waals surface area contributed by atoms with E-state index < -0.39 is 6.04 Å². The average molecular weight is 426 g/mol. The quantitative estimate of drug-likeness (QED) is 0.668. The Kier molecular flexibility index (Phi) is 4.74. The molecule has 3 heterocycles. The molecule has 1 saturated heterocycles. The van der Waals surface area contributed by atoms with E-state index in [1.54, 1.807) is 24.4 Å². The van der Waals surface area contributed by atoms with Crippen LogP contribution in [0.15, 0.2) is 67.0 Å². The fourth-order valence-electron chi connectivity index (χ4n) is 4.47. The van der Waals surface area contributed by atoms with Crippen molar-refractivity contribution < 1.29 is 14.4 Å². The van der Waals surface area contributed by atoms with Crippen LogP contribution in [0.1, 0.15) is 52.1 Å². The van der Waals surface area contributed by atoms with Gasteiger partial charge in [0.2, 0.25) is 5.91 Å². The van der Waals surface area contributed by atoms with Crippen molar-refractivity contribution in [3.63, 3.8) is 0 Å². The SMILES string of the molecule is C=C1CCC(N2C(=O)c3ccc(C(=O)NC(C)c4ccccc4)c4nccc2c34)C(=O)N1. The summed E-state index contributed by atoms with van der Waals surface area (Å²) in [5.41, 5.74) is 3.55. The van der Waals surface area contributed by atoms with Crippen molar-refractivity contribution in [2.45, 2.75) is 31.8 Å². The molecule has 2 aliphatic heterocycles. The number of benzene rings is 2. The number of nitrogens with one attached hydrogen (secondary N) is 2. The third-order valence-corrected chi connectivity index (χ3v) is 6.10. The lowest BCUT2D eigenvalue weighted by molar-refractivity contribution is -0.122. The summed E-state index contributed by atoms with van der Waals surface area (Å²) in [7, 11) is 0. The molecule has 2 unspecified atom stereocenters. The van der Waals surface area contributed by atoms with E-state index in [0.29, 0.717) is 46.3 Å². The molecule has 7 nitrogen and oxygen atoms in total. The van der Waals surface area contributed by atoms with E-state index in [1.807, 2.05) is 37.3 Å².